The fraction of sp³-hybridized carbons (Fsp3) is 0.429. The normalized spacial score (nSPS) is 10.1. The van der Waals surface area contributed by atoms with Crippen LogP contribution in [0.5, 0.6) is 5.75 Å². The van der Waals surface area contributed by atoms with Gasteiger partial charge in [-0.05, 0) is 25.2 Å². The van der Waals surface area contributed by atoms with Crippen molar-refractivity contribution in [2.45, 2.75) is 13.0 Å². The lowest BCUT2D eigenvalue weighted by Crippen LogP contribution is -2.22. The van der Waals surface area contributed by atoms with Crippen LogP contribution in [-0.2, 0) is 16.1 Å². The number of benzene rings is 1. The van der Waals surface area contributed by atoms with Crippen LogP contribution in [0.1, 0.15) is 17.5 Å². The van der Waals surface area contributed by atoms with E-state index in [1.54, 1.807) is 25.3 Å². The van der Waals surface area contributed by atoms with Crippen molar-refractivity contribution in [2.24, 2.45) is 0 Å². The lowest BCUT2D eigenvalue weighted by molar-refractivity contribution is -0.140. The van der Waals surface area contributed by atoms with Gasteiger partial charge >= 0.3 is 5.97 Å². The molecule has 0 aliphatic carbocycles. The highest BCUT2D eigenvalue weighted by Crippen LogP contribution is 2.21. The molecule has 0 saturated carbocycles. The molecule has 0 fully saturated rings. The lowest BCUT2D eigenvalue weighted by Gasteiger charge is -2.18. The third-order valence-corrected chi connectivity index (χ3v) is 2.78. The fourth-order valence-electron chi connectivity index (χ4n) is 1.73. The Morgan fingerprint density at radius 1 is 1.42 bits per heavy atom. The zero-order valence-corrected chi connectivity index (χ0v) is 11.5. The zero-order valence-electron chi connectivity index (χ0n) is 11.5. The summed E-state index contributed by atoms with van der Waals surface area (Å²) < 4.78 is 9.86. The van der Waals surface area contributed by atoms with Gasteiger partial charge in [0.05, 0.1) is 32.3 Å². The Balaban J connectivity index is 2.69. The summed E-state index contributed by atoms with van der Waals surface area (Å²) in [6, 6.07) is 7.40. The van der Waals surface area contributed by atoms with Gasteiger partial charge in [-0.3, -0.25) is 4.79 Å². The molecule has 5 nitrogen and oxygen atoms in total. The van der Waals surface area contributed by atoms with E-state index in [0.29, 0.717) is 25.1 Å². The molecular weight excluding hydrogens is 244 g/mol. The van der Waals surface area contributed by atoms with E-state index >= 15 is 0 Å². The molecule has 1 aromatic rings. The number of nitrogens with zero attached hydrogens (tertiary/aromatic N) is 2. The smallest absolute Gasteiger partial charge is 0.306 e. The van der Waals surface area contributed by atoms with Crippen molar-refractivity contribution in [3.63, 3.8) is 0 Å². The molecule has 0 amide bonds. The van der Waals surface area contributed by atoms with Crippen molar-refractivity contribution < 1.29 is 14.3 Å². The average Bonchev–Trinajstić information content (AvgIpc) is 2.44. The van der Waals surface area contributed by atoms with E-state index in [2.05, 4.69) is 10.8 Å². The van der Waals surface area contributed by atoms with Gasteiger partial charge in [-0.15, -0.1) is 0 Å². The van der Waals surface area contributed by atoms with E-state index in [-0.39, 0.29) is 5.97 Å². The number of rotatable bonds is 6. The number of methoxy groups -OCH3 is 2. The minimum Gasteiger partial charge on any atom is -0.496 e. The highest BCUT2D eigenvalue weighted by atomic mass is 16.5. The summed E-state index contributed by atoms with van der Waals surface area (Å²) >= 11 is 0. The highest BCUT2D eigenvalue weighted by Gasteiger charge is 2.09. The summed E-state index contributed by atoms with van der Waals surface area (Å²) in [7, 11) is 4.88. The van der Waals surface area contributed by atoms with Crippen molar-refractivity contribution in [3.8, 4) is 11.8 Å². The van der Waals surface area contributed by atoms with Gasteiger partial charge in [-0.2, -0.15) is 5.26 Å². The van der Waals surface area contributed by atoms with Crippen LogP contribution in [0.15, 0.2) is 18.2 Å². The Bertz CT molecular complexity index is 480. The first-order valence-electron chi connectivity index (χ1n) is 5.93. The van der Waals surface area contributed by atoms with Gasteiger partial charge in [0.1, 0.15) is 5.75 Å². The largest absolute Gasteiger partial charge is 0.496 e. The molecule has 0 N–H and O–H groups in total. The Kier molecular flexibility index (Phi) is 5.83. The van der Waals surface area contributed by atoms with Gasteiger partial charge in [-0.1, -0.05) is 0 Å². The van der Waals surface area contributed by atoms with E-state index in [1.165, 1.54) is 7.11 Å². The van der Waals surface area contributed by atoms with Crippen LogP contribution in [-0.4, -0.2) is 38.7 Å². The molecule has 19 heavy (non-hydrogen) atoms. The van der Waals surface area contributed by atoms with Gasteiger partial charge in [0.15, 0.2) is 0 Å². The Hall–Kier alpha value is -2.06. The summed E-state index contributed by atoms with van der Waals surface area (Å²) in [5, 5.41) is 8.90. The molecule has 0 spiro atoms. The van der Waals surface area contributed by atoms with Crippen molar-refractivity contribution in [1.29, 1.82) is 5.26 Å². The first-order chi connectivity index (χ1) is 9.10. The SMILES string of the molecule is COC(=O)CCN(C)Cc1cc(C#N)ccc1OC. The van der Waals surface area contributed by atoms with Gasteiger partial charge in [-0.25, -0.2) is 0 Å². The van der Waals surface area contributed by atoms with Crippen LogP contribution in [0.4, 0.5) is 0 Å². The van der Waals surface area contributed by atoms with E-state index in [0.717, 1.165) is 11.3 Å². The molecule has 5 heteroatoms. The molecular formula is C14H18N2O3. The Morgan fingerprint density at radius 3 is 2.74 bits per heavy atom. The van der Waals surface area contributed by atoms with Crippen LogP contribution < -0.4 is 4.74 Å². The second kappa shape index (κ2) is 7.39. The third kappa shape index (κ3) is 4.60. The summed E-state index contributed by atoms with van der Waals surface area (Å²) in [6.45, 7) is 1.20. The van der Waals surface area contributed by atoms with Gasteiger partial charge in [0.25, 0.3) is 0 Å². The molecule has 0 bridgehead atoms. The number of carbonyl (C=O) groups is 1. The molecule has 0 saturated heterocycles. The maximum absolute atomic E-state index is 11.1. The molecule has 1 rings (SSSR count). The Morgan fingerprint density at radius 2 is 2.16 bits per heavy atom. The molecule has 0 radical (unpaired) electrons. The van der Waals surface area contributed by atoms with Crippen LogP contribution in [0, 0.1) is 11.3 Å². The molecule has 1 aromatic carbocycles. The number of carbonyl (C=O) groups excluding carboxylic acids is 1. The molecule has 0 atom stereocenters. The number of ether oxygens (including phenoxy) is 2. The van der Waals surface area contributed by atoms with Crippen molar-refractivity contribution in [2.75, 3.05) is 27.8 Å². The zero-order chi connectivity index (χ0) is 14.3. The van der Waals surface area contributed by atoms with Crippen LogP contribution >= 0.6 is 0 Å². The number of nitriles is 1. The summed E-state index contributed by atoms with van der Waals surface area (Å²) in [6.07, 6.45) is 0.341. The summed E-state index contributed by atoms with van der Waals surface area (Å²) in [4.78, 5) is 13.1. The molecule has 102 valence electrons. The van der Waals surface area contributed by atoms with Crippen molar-refractivity contribution >= 4 is 5.97 Å². The predicted octanol–water partition coefficient (Wildman–Crippen LogP) is 1.56. The van der Waals surface area contributed by atoms with E-state index in [9.17, 15) is 4.79 Å². The maximum Gasteiger partial charge on any atom is 0.306 e. The van der Waals surface area contributed by atoms with Gasteiger partial charge < -0.3 is 14.4 Å². The molecule has 0 unspecified atom stereocenters. The van der Waals surface area contributed by atoms with E-state index in [4.69, 9.17) is 10.00 Å². The van der Waals surface area contributed by atoms with Crippen molar-refractivity contribution in [3.05, 3.63) is 29.3 Å². The standard InChI is InChI=1S/C14H18N2O3/c1-16(7-6-14(17)19-3)10-12-8-11(9-15)4-5-13(12)18-2/h4-5,8H,6-7,10H2,1-3H3. The predicted molar refractivity (Wildman–Crippen MR) is 70.7 cm³/mol. The molecule has 0 aromatic heterocycles. The van der Waals surface area contributed by atoms with Crippen LogP contribution in [0.2, 0.25) is 0 Å². The second-order valence-corrected chi connectivity index (χ2v) is 4.20. The average molecular weight is 262 g/mol. The second-order valence-electron chi connectivity index (χ2n) is 4.20. The summed E-state index contributed by atoms with van der Waals surface area (Å²) in [5.41, 5.74) is 1.52. The Labute approximate surface area is 113 Å². The first kappa shape index (κ1) is 15.0. The first-order valence-corrected chi connectivity index (χ1v) is 5.93. The minimum atomic E-state index is -0.232. The topological polar surface area (TPSA) is 62.6 Å². The van der Waals surface area contributed by atoms with Crippen molar-refractivity contribution in [1.82, 2.24) is 4.90 Å². The molecule has 0 heterocycles. The van der Waals surface area contributed by atoms with Crippen LogP contribution in [0.3, 0.4) is 0 Å². The van der Waals surface area contributed by atoms with E-state index in [1.807, 2.05) is 11.9 Å². The molecule has 0 aliphatic rings. The maximum atomic E-state index is 11.1. The number of esters is 1. The fourth-order valence-corrected chi connectivity index (χ4v) is 1.73. The number of hydrogen-bond donors (Lipinski definition) is 0. The van der Waals surface area contributed by atoms with Gasteiger partial charge in [0.2, 0.25) is 0 Å². The lowest BCUT2D eigenvalue weighted by atomic mass is 10.1. The monoisotopic (exact) mass is 262 g/mol. The third-order valence-electron chi connectivity index (χ3n) is 2.78. The van der Waals surface area contributed by atoms with Gasteiger partial charge in [0, 0.05) is 18.7 Å². The quantitative estimate of drug-likeness (QED) is 0.728. The van der Waals surface area contributed by atoms with Crippen LogP contribution in [0.25, 0.3) is 0 Å². The van der Waals surface area contributed by atoms with E-state index < -0.39 is 0 Å². The minimum absolute atomic E-state index is 0.232. The number of hydrogen-bond acceptors (Lipinski definition) is 5. The summed E-state index contributed by atoms with van der Waals surface area (Å²) in [5.74, 6) is 0.508. The molecule has 0 aliphatic heterocycles. The highest BCUT2D eigenvalue weighted by molar-refractivity contribution is 5.69.